The second-order valence-corrected chi connectivity index (χ2v) is 4.27. The topological polar surface area (TPSA) is 26.3 Å². The molecule has 2 aliphatic carbocycles. The van der Waals surface area contributed by atoms with Gasteiger partial charge in [-0.1, -0.05) is 31.9 Å². The van der Waals surface area contributed by atoms with Crippen molar-refractivity contribution in [2.75, 3.05) is 6.61 Å². The molecule has 3 atom stereocenters. The number of allylic oxidation sites excluding steroid dienone is 1. The minimum Gasteiger partial charge on any atom is -0.377 e. The van der Waals surface area contributed by atoms with E-state index in [2.05, 4.69) is 6.92 Å². The van der Waals surface area contributed by atoms with E-state index in [1.54, 1.807) is 0 Å². The van der Waals surface area contributed by atoms with E-state index in [-0.39, 0.29) is 17.9 Å². The highest BCUT2D eigenvalue weighted by molar-refractivity contribution is 5.92. The number of carbonyl (C=O) groups is 1. The van der Waals surface area contributed by atoms with Crippen molar-refractivity contribution in [1.29, 1.82) is 0 Å². The molecular formula is C12H18O2. The predicted octanol–water partition coefficient (Wildman–Crippen LogP) is 2.34. The zero-order valence-corrected chi connectivity index (χ0v) is 8.74. The molecule has 0 radical (unpaired) electrons. The first kappa shape index (κ1) is 9.91. The standard InChI is InChI=1S/C12H18O2/c1-2-3-4-7-14-11-8-9-5-6-10(11)12(9)13/h5-6,9-11H,2-4,7-8H2,1H3. The molecule has 0 heterocycles. The Morgan fingerprint density at radius 2 is 2.29 bits per heavy atom. The number of ether oxygens (including phenoxy) is 1. The third-order valence-corrected chi connectivity index (χ3v) is 3.21. The van der Waals surface area contributed by atoms with Gasteiger partial charge in [-0.25, -0.2) is 0 Å². The van der Waals surface area contributed by atoms with Gasteiger partial charge in [0, 0.05) is 12.5 Å². The molecule has 0 saturated heterocycles. The maximum Gasteiger partial charge on any atom is 0.149 e. The van der Waals surface area contributed by atoms with Crippen molar-refractivity contribution in [3.8, 4) is 0 Å². The summed E-state index contributed by atoms with van der Waals surface area (Å²) in [4.78, 5) is 11.5. The first-order valence-corrected chi connectivity index (χ1v) is 5.66. The van der Waals surface area contributed by atoms with Gasteiger partial charge in [-0.05, 0) is 12.8 Å². The monoisotopic (exact) mass is 194 g/mol. The van der Waals surface area contributed by atoms with Crippen LogP contribution in [0.1, 0.15) is 32.6 Å². The van der Waals surface area contributed by atoms with Crippen LogP contribution in [0.5, 0.6) is 0 Å². The molecule has 2 rings (SSSR count). The van der Waals surface area contributed by atoms with Crippen molar-refractivity contribution in [3.05, 3.63) is 12.2 Å². The Balaban J connectivity index is 1.73. The smallest absolute Gasteiger partial charge is 0.149 e. The largest absolute Gasteiger partial charge is 0.377 e. The highest BCUT2D eigenvalue weighted by Gasteiger charge is 2.43. The predicted molar refractivity (Wildman–Crippen MR) is 55.0 cm³/mol. The first-order chi connectivity index (χ1) is 6.83. The fraction of sp³-hybridized carbons (Fsp3) is 0.750. The van der Waals surface area contributed by atoms with Crippen LogP contribution in [0, 0.1) is 11.8 Å². The highest BCUT2D eigenvalue weighted by atomic mass is 16.5. The van der Waals surface area contributed by atoms with Crippen molar-refractivity contribution in [3.63, 3.8) is 0 Å². The SMILES string of the molecule is CCCCCOC1CC2C=CC1C2=O. The van der Waals surface area contributed by atoms with Gasteiger partial charge in [0.1, 0.15) is 5.78 Å². The number of unbranched alkanes of at least 4 members (excludes halogenated alkanes) is 2. The number of rotatable bonds is 5. The van der Waals surface area contributed by atoms with Crippen LogP contribution in [0.3, 0.4) is 0 Å². The van der Waals surface area contributed by atoms with Gasteiger partial charge >= 0.3 is 0 Å². The van der Waals surface area contributed by atoms with Crippen LogP contribution >= 0.6 is 0 Å². The summed E-state index contributed by atoms with van der Waals surface area (Å²) >= 11 is 0. The van der Waals surface area contributed by atoms with Crippen LogP contribution in [0.4, 0.5) is 0 Å². The van der Waals surface area contributed by atoms with Crippen LogP contribution in [0.25, 0.3) is 0 Å². The molecule has 0 aromatic carbocycles. The lowest BCUT2D eigenvalue weighted by Crippen LogP contribution is -2.20. The van der Waals surface area contributed by atoms with Crippen molar-refractivity contribution in [1.82, 2.24) is 0 Å². The van der Waals surface area contributed by atoms with Gasteiger partial charge in [0.25, 0.3) is 0 Å². The maximum absolute atomic E-state index is 11.5. The van der Waals surface area contributed by atoms with Crippen molar-refractivity contribution in [2.24, 2.45) is 11.8 Å². The molecule has 2 nitrogen and oxygen atoms in total. The molecule has 14 heavy (non-hydrogen) atoms. The quantitative estimate of drug-likeness (QED) is 0.496. The lowest BCUT2D eigenvalue weighted by molar-refractivity contribution is -0.122. The van der Waals surface area contributed by atoms with E-state index in [1.807, 2.05) is 12.2 Å². The van der Waals surface area contributed by atoms with E-state index in [4.69, 9.17) is 4.74 Å². The fourth-order valence-electron chi connectivity index (χ4n) is 2.35. The molecule has 0 spiro atoms. The molecule has 2 aliphatic rings. The third kappa shape index (κ3) is 1.76. The van der Waals surface area contributed by atoms with Gasteiger partial charge in [0.05, 0.1) is 12.0 Å². The highest BCUT2D eigenvalue weighted by Crippen LogP contribution is 2.37. The Morgan fingerprint density at radius 3 is 2.86 bits per heavy atom. The third-order valence-electron chi connectivity index (χ3n) is 3.21. The van der Waals surface area contributed by atoms with Crippen molar-refractivity contribution >= 4 is 5.78 Å². The summed E-state index contributed by atoms with van der Waals surface area (Å²) in [7, 11) is 0. The molecule has 2 heteroatoms. The van der Waals surface area contributed by atoms with E-state index < -0.39 is 0 Å². The van der Waals surface area contributed by atoms with Gasteiger partial charge < -0.3 is 4.74 Å². The van der Waals surface area contributed by atoms with Crippen LogP contribution in [-0.4, -0.2) is 18.5 Å². The van der Waals surface area contributed by atoms with E-state index in [1.165, 1.54) is 12.8 Å². The molecule has 3 unspecified atom stereocenters. The Labute approximate surface area is 85.3 Å². The first-order valence-electron chi connectivity index (χ1n) is 5.66. The van der Waals surface area contributed by atoms with Gasteiger partial charge in [0.15, 0.2) is 0 Å². The van der Waals surface area contributed by atoms with Gasteiger partial charge in [-0.15, -0.1) is 0 Å². The summed E-state index contributed by atoms with van der Waals surface area (Å²) < 4.78 is 5.74. The van der Waals surface area contributed by atoms with Crippen molar-refractivity contribution < 1.29 is 9.53 Å². The number of hydrogen-bond acceptors (Lipinski definition) is 2. The van der Waals surface area contributed by atoms with E-state index in [9.17, 15) is 4.79 Å². The molecule has 0 N–H and O–H groups in total. The summed E-state index contributed by atoms with van der Waals surface area (Å²) in [6.45, 7) is 3.01. The average Bonchev–Trinajstić information content (AvgIpc) is 2.69. The number of Topliss-reactive ketones (excluding diaryl/α,β-unsaturated/α-hetero) is 1. The minimum atomic E-state index is 0.0848. The zero-order valence-electron chi connectivity index (χ0n) is 8.74. The van der Waals surface area contributed by atoms with Gasteiger partial charge in [-0.3, -0.25) is 4.79 Å². The lowest BCUT2D eigenvalue weighted by atomic mass is 10.0. The molecule has 0 aromatic rings. The van der Waals surface area contributed by atoms with E-state index in [0.29, 0.717) is 5.78 Å². The van der Waals surface area contributed by atoms with Crippen molar-refractivity contribution in [2.45, 2.75) is 38.7 Å². The number of carbonyl (C=O) groups excluding carboxylic acids is 1. The average molecular weight is 194 g/mol. The number of fused-ring (bicyclic) bond motifs is 2. The summed E-state index contributed by atoms with van der Waals surface area (Å²) in [5.41, 5.74) is 0. The van der Waals surface area contributed by atoms with Crippen LogP contribution in [0.15, 0.2) is 12.2 Å². The Morgan fingerprint density at radius 1 is 1.43 bits per heavy atom. The van der Waals surface area contributed by atoms with Crippen LogP contribution < -0.4 is 0 Å². The van der Waals surface area contributed by atoms with E-state index in [0.717, 1.165) is 19.4 Å². The second-order valence-electron chi connectivity index (χ2n) is 4.27. The van der Waals surface area contributed by atoms with Gasteiger partial charge in [0.2, 0.25) is 0 Å². The molecule has 1 fully saturated rings. The fourth-order valence-corrected chi connectivity index (χ4v) is 2.35. The van der Waals surface area contributed by atoms with Crippen LogP contribution in [-0.2, 0) is 9.53 Å². The summed E-state index contributed by atoms with van der Waals surface area (Å²) in [6, 6.07) is 0. The molecule has 2 bridgehead atoms. The Kier molecular flexibility index (Phi) is 3.02. The molecule has 0 aliphatic heterocycles. The summed E-state index contributed by atoms with van der Waals surface area (Å²) in [5.74, 6) is 0.642. The van der Waals surface area contributed by atoms with Crippen LogP contribution in [0.2, 0.25) is 0 Å². The van der Waals surface area contributed by atoms with E-state index >= 15 is 0 Å². The second kappa shape index (κ2) is 4.26. The molecular weight excluding hydrogens is 176 g/mol. The molecule has 0 amide bonds. The maximum atomic E-state index is 11.5. The van der Waals surface area contributed by atoms with Gasteiger partial charge in [-0.2, -0.15) is 0 Å². The Hall–Kier alpha value is -0.630. The number of ketones is 1. The normalized spacial score (nSPS) is 34.4. The summed E-state index contributed by atoms with van der Waals surface area (Å²) in [5, 5.41) is 0. The summed E-state index contributed by atoms with van der Waals surface area (Å²) in [6.07, 6.45) is 8.76. The molecule has 0 aromatic heterocycles. The molecule has 78 valence electrons. The number of hydrogen-bond donors (Lipinski definition) is 0. The Bertz CT molecular complexity index is 245. The molecule has 1 saturated carbocycles. The minimum absolute atomic E-state index is 0.0848. The lowest BCUT2D eigenvalue weighted by Gasteiger charge is -2.17. The zero-order chi connectivity index (χ0) is 9.97.